The van der Waals surface area contributed by atoms with E-state index in [2.05, 4.69) is 23.9 Å². The monoisotopic (exact) mass is 420 g/mol. The molecule has 30 heavy (non-hydrogen) atoms. The molecule has 0 spiro atoms. The molecule has 0 radical (unpaired) electrons. The topological polar surface area (TPSA) is 59.7 Å². The van der Waals surface area contributed by atoms with Gasteiger partial charge < -0.3 is 9.64 Å². The molecule has 0 saturated heterocycles. The Bertz CT molecular complexity index is 1260. The lowest BCUT2D eigenvalue weighted by molar-refractivity contribution is 0.271. The van der Waals surface area contributed by atoms with E-state index in [4.69, 9.17) is 4.74 Å². The van der Waals surface area contributed by atoms with Crippen LogP contribution in [-0.2, 0) is 0 Å². The summed E-state index contributed by atoms with van der Waals surface area (Å²) in [6.45, 7) is 4.90. The summed E-state index contributed by atoms with van der Waals surface area (Å²) in [5.74, 6) is 1.82. The Morgan fingerprint density at radius 2 is 1.80 bits per heavy atom. The predicted octanol–water partition coefficient (Wildman–Crippen LogP) is 3.47. The largest absolute Gasteiger partial charge is 0.493 e. The summed E-state index contributed by atoms with van der Waals surface area (Å²) >= 11 is 1.35. The maximum absolute atomic E-state index is 12.8. The maximum Gasteiger partial charge on any atom is 0.291 e. The number of ether oxygens (including phenoxy) is 1. The fourth-order valence-corrected chi connectivity index (χ4v) is 3.85. The van der Waals surface area contributed by atoms with Crippen molar-refractivity contribution in [2.45, 2.75) is 13.8 Å². The minimum Gasteiger partial charge on any atom is -0.493 e. The highest BCUT2D eigenvalue weighted by atomic mass is 32.1. The van der Waals surface area contributed by atoms with Crippen LogP contribution in [0, 0.1) is 5.92 Å². The fraction of sp³-hybridized carbons (Fsp3) is 0.261. The molecule has 4 aromatic rings. The molecule has 0 aliphatic carbocycles. The predicted molar refractivity (Wildman–Crippen MR) is 122 cm³/mol. The minimum absolute atomic E-state index is 0.151. The van der Waals surface area contributed by atoms with Crippen LogP contribution in [-0.4, -0.2) is 35.3 Å². The lowest BCUT2D eigenvalue weighted by atomic mass is 10.2. The highest BCUT2D eigenvalue weighted by molar-refractivity contribution is 7.15. The molecule has 0 fully saturated rings. The van der Waals surface area contributed by atoms with E-state index in [0.29, 0.717) is 27.8 Å². The Balaban J connectivity index is 1.60. The molecule has 2 aromatic carbocycles. The standard InChI is InChI=1S/C23H24N4O2S/c1-15(2)14-29-19-11-7-17(8-12-19)21-24-23-27(25-21)22(28)20(30-23)13-16-5-9-18(10-6-16)26(3)4/h5-13,15H,14H2,1-4H3/b20-13-. The smallest absolute Gasteiger partial charge is 0.291 e. The van der Waals surface area contributed by atoms with Crippen LogP contribution in [0.15, 0.2) is 53.3 Å². The molecule has 0 aliphatic heterocycles. The van der Waals surface area contributed by atoms with Crippen LogP contribution >= 0.6 is 11.3 Å². The van der Waals surface area contributed by atoms with Crippen LogP contribution in [0.1, 0.15) is 19.4 Å². The Morgan fingerprint density at radius 3 is 2.40 bits per heavy atom. The highest BCUT2D eigenvalue weighted by Gasteiger charge is 2.12. The van der Waals surface area contributed by atoms with Crippen molar-refractivity contribution in [1.29, 1.82) is 0 Å². The zero-order valence-corrected chi connectivity index (χ0v) is 18.3. The second-order valence-corrected chi connectivity index (χ2v) is 8.77. The van der Waals surface area contributed by atoms with Crippen LogP contribution in [0.25, 0.3) is 22.4 Å². The molecule has 0 unspecified atom stereocenters. The number of benzene rings is 2. The molecule has 7 heteroatoms. The Hall–Kier alpha value is -3.19. The Morgan fingerprint density at radius 1 is 1.10 bits per heavy atom. The van der Waals surface area contributed by atoms with Crippen molar-refractivity contribution in [2.24, 2.45) is 5.92 Å². The number of anilines is 1. The third-order valence-corrected chi connectivity index (χ3v) is 5.54. The van der Waals surface area contributed by atoms with Crippen LogP contribution < -0.4 is 19.7 Å². The van der Waals surface area contributed by atoms with Crippen LogP contribution in [0.4, 0.5) is 5.69 Å². The first-order chi connectivity index (χ1) is 14.4. The third-order valence-electron chi connectivity index (χ3n) is 4.58. The van der Waals surface area contributed by atoms with E-state index in [-0.39, 0.29) is 5.56 Å². The van der Waals surface area contributed by atoms with Crippen molar-refractivity contribution in [3.8, 4) is 17.1 Å². The molecular weight excluding hydrogens is 396 g/mol. The second-order valence-electron chi connectivity index (χ2n) is 7.76. The van der Waals surface area contributed by atoms with Gasteiger partial charge in [0.05, 0.1) is 11.1 Å². The van der Waals surface area contributed by atoms with Gasteiger partial charge in [-0.1, -0.05) is 37.3 Å². The van der Waals surface area contributed by atoms with Gasteiger partial charge in [-0.05, 0) is 54.0 Å². The summed E-state index contributed by atoms with van der Waals surface area (Å²) in [6.07, 6.45) is 1.88. The minimum atomic E-state index is -0.151. The number of fused-ring (bicyclic) bond motifs is 1. The zero-order valence-electron chi connectivity index (χ0n) is 17.5. The number of rotatable bonds is 6. The number of nitrogens with zero attached hydrogens (tertiary/aromatic N) is 4. The van der Waals surface area contributed by atoms with E-state index in [9.17, 15) is 4.79 Å². The van der Waals surface area contributed by atoms with Gasteiger partial charge in [0.2, 0.25) is 4.96 Å². The molecule has 0 N–H and O–H groups in total. The van der Waals surface area contributed by atoms with Gasteiger partial charge in [0.25, 0.3) is 5.56 Å². The third kappa shape index (κ3) is 4.21. The van der Waals surface area contributed by atoms with Crippen molar-refractivity contribution >= 4 is 28.1 Å². The molecule has 2 heterocycles. The van der Waals surface area contributed by atoms with Gasteiger partial charge in [-0.15, -0.1) is 5.10 Å². The lowest BCUT2D eigenvalue weighted by Gasteiger charge is -2.11. The van der Waals surface area contributed by atoms with Crippen molar-refractivity contribution < 1.29 is 4.74 Å². The number of hydrogen-bond donors (Lipinski definition) is 0. The molecule has 0 amide bonds. The summed E-state index contributed by atoms with van der Waals surface area (Å²) in [4.78, 5) is 19.9. The first-order valence-corrected chi connectivity index (χ1v) is 10.6. The van der Waals surface area contributed by atoms with E-state index < -0.39 is 0 Å². The first kappa shape index (κ1) is 20.1. The van der Waals surface area contributed by atoms with Gasteiger partial charge >= 0.3 is 0 Å². The van der Waals surface area contributed by atoms with Crippen LogP contribution in [0.2, 0.25) is 0 Å². The Kier molecular flexibility index (Phi) is 5.55. The van der Waals surface area contributed by atoms with E-state index in [1.54, 1.807) is 0 Å². The molecule has 2 aromatic heterocycles. The van der Waals surface area contributed by atoms with E-state index in [0.717, 1.165) is 22.6 Å². The normalized spacial score (nSPS) is 12.1. The molecule has 0 bridgehead atoms. The summed E-state index contributed by atoms with van der Waals surface area (Å²) in [6, 6.07) is 15.7. The number of aromatic nitrogens is 3. The van der Waals surface area contributed by atoms with Gasteiger partial charge in [0, 0.05) is 25.3 Å². The molecule has 0 aliphatic rings. The molecular formula is C23H24N4O2S. The van der Waals surface area contributed by atoms with Gasteiger partial charge in [0.15, 0.2) is 5.82 Å². The quantitative estimate of drug-likeness (QED) is 0.478. The number of thiazole rings is 1. The summed E-state index contributed by atoms with van der Waals surface area (Å²) in [5, 5.41) is 4.42. The molecule has 6 nitrogen and oxygen atoms in total. The van der Waals surface area contributed by atoms with Gasteiger partial charge in [-0.2, -0.15) is 9.50 Å². The average molecular weight is 421 g/mol. The molecule has 0 saturated carbocycles. The van der Waals surface area contributed by atoms with E-state index >= 15 is 0 Å². The fourth-order valence-electron chi connectivity index (χ4n) is 2.94. The van der Waals surface area contributed by atoms with Gasteiger partial charge in [-0.3, -0.25) is 4.79 Å². The first-order valence-electron chi connectivity index (χ1n) is 9.82. The maximum atomic E-state index is 12.8. The van der Waals surface area contributed by atoms with E-state index in [1.165, 1.54) is 15.9 Å². The zero-order chi connectivity index (χ0) is 21.3. The molecule has 4 rings (SSSR count). The highest BCUT2D eigenvalue weighted by Crippen LogP contribution is 2.21. The molecule has 154 valence electrons. The van der Waals surface area contributed by atoms with Crippen LogP contribution in [0.3, 0.4) is 0 Å². The second kappa shape index (κ2) is 8.28. The van der Waals surface area contributed by atoms with Crippen LogP contribution in [0.5, 0.6) is 5.75 Å². The van der Waals surface area contributed by atoms with E-state index in [1.807, 2.05) is 73.6 Å². The summed E-state index contributed by atoms with van der Waals surface area (Å²) < 4.78 is 7.71. The van der Waals surface area contributed by atoms with Crippen molar-refractivity contribution in [2.75, 3.05) is 25.6 Å². The average Bonchev–Trinajstić information content (AvgIpc) is 3.27. The van der Waals surface area contributed by atoms with Crippen molar-refractivity contribution in [3.05, 3.63) is 69.0 Å². The lowest BCUT2D eigenvalue weighted by Crippen LogP contribution is -2.23. The van der Waals surface area contributed by atoms with Gasteiger partial charge in [-0.25, -0.2) is 0 Å². The van der Waals surface area contributed by atoms with Gasteiger partial charge in [0.1, 0.15) is 5.75 Å². The van der Waals surface area contributed by atoms with Crippen molar-refractivity contribution in [1.82, 2.24) is 14.6 Å². The number of hydrogen-bond acceptors (Lipinski definition) is 6. The Labute approximate surface area is 179 Å². The summed E-state index contributed by atoms with van der Waals surface area (Å²) in [7, 11) is 4.00. The van der Waals surface area contributed by atoms with Crippen molar-refractivity contribution in [3.63, 3.8) is 0 Å². The molecule has 0 atom stereocenters. The SMILES string of the molecule is CC(C)COc1ccc(-c2nc3s/c(=C\c4ccc(N(C)C)cc4)c(=O)n3n2)cc1. The summed E-state index contributed by atoms with van der Waals surface area (Å²) in [5.41, 5.74) is 2.79.